The standard InChI is InChI=1S/C20H22FN3O/c1-12(2)20-22-9-16-17-11-24(10-14(17)8-18(16)23-20)19(25)7-13-4-3-5-15(21)6-13/h3-6,9,12,14,17H,7-8,10-11H2,1-2H3/t14-,17-/m1/s1. The number of rotatable bonds is 3. The minimum Gasteiger partial charge on any atom is -0.341 e. The highest BCUT2D eigenvalue weighted by atomic mass is 19.1. The SMILES string of the molecule is CC(C)c1ncc2c(n1)C[C@@H]1CN(C(=O)Cc3cccc(F)c3)C[C@@H]21. The number of amides is 1. The molecule has 1 amide bonds. The molecule has 4 nitrogen and oxygen atoms in total. The van der Waals surface area contributed by atoms with Crippen LogP contribution in [0.3, 0.4) is 0 Å². The molecule has 2 aromatic rings. The van der Waals surface area contributed by atoms with Crippen LogP contribution in [0.5, 0.6) is 0 Å². The first kappa shape index (κ1) is 16.2. The summed E-state index contributed by atoms with van der Waals surface area (Å²) in [4.78, 5) is 23.7. The molecule has 0 saturated carbocycles. The molecule has 2 atom stereocenters. The van der Waals surface area contributed by atoms with E-state index in [1.165, 1.54) is 17.7 Å². The molecule has 0 radical (unpaired) electrons. The van der Waals surface area contributed by atoms with Crippen LogP contribution in [-0.2, 0) is 17.6 Å². The van der Waals surface area contributed by atoms with E-state index >= 15 is 0 Å². The number of fused-ring (bicyclic) bond motifs is 3. The summed E-state index contributed by atoms with van der Waals surface area (Å²) in [6.45, 7) is 5.68. The van der Waals surface area contributed by atoms with E-state index in [0.717, 1.165) is 36.6 Å². The van der Waals surface area contributed by atoms with Crippen molar-refractivity contribution in [2.24, 2.45) is 5.92 Å². The third kappa shape index (κ3) is 3.03. The molecule has 4 rings (SSSR count). The van der Waals surface area contributed by atoms with Crippen molar-refractivity contribution in [2.45, 2.75) is 38.5 Å². The quantitative estimate of drug-likeness (QED) is 0.863. The van der Waals surface area contributed by atoms with Crippen molar-refractivity contribution < 1.29 is 9.18 Å². The molecular weight excluding hydrogens is 317 g/mol. The average molecular weight is 339 g/mol. The van der Waals surface area contributed by atoms with Crippen LogP contribution in [0.4, 0.5) is 4.39 Å². The summed E-state index contributed by atoms with van der Waals surface area (Å²) < 4.78 is 13.3. The van der Waals surface area contributed by atoms with E-state index in [0.29, 0.717) is 17.8 Å². The van der Waals surface area contributed by atoms with Crippen LogP contribution in [0.15, 0.2) is 30.5 Å². The van der Waals surface area contributed by atoms with Crippen LogP contribution in [0.2, 0.25) is 0 Å². The van der Waals surface area contributed by atoms with Crippen LogP contribution in [-0.4, -0.2) is 33.9 Å². The number of carbonyl (C=O) groups excluding carboxylic acids is 1. The Labute approximate surface area is 147 Å². The molecule has 0 spiro atoms. The molecular formula is C20H22FN3O. The van der Waals surface area contributed by atoms with E-state index in [1.54, 1.807) is 12.1 Å². The van der Waals surface area contributed by atoms with Gasteiger partial charge in [0.25, 0.3) is 0 Å². The van der Waals surface area contributed by atoms with Gasteiger partial charge in [0.1, 0.15) is 11.6 Å². The van der Waals surface area contributed by atoms with E-state index in [4.69, 9.17) is 4.98 Å². The summed E-state index contributed by atoms with van der Waals surface area (Å²) in [6.07, 6.45) is 3.14. The van der Waals surface area contributed by atoms with Crippen molar-refractivity contribution in [3.8, 4) is 0 Å². The third-order valence-electron chi connectivity index (χ3n) is 5.33. The zero-order valence-electron chi connectivity index (χ0n) is 14.6. The fraction of sp³-hybridized carbons (Fsp3) is 0.450. The van der Waals surface area contributed by atoms with Crippen molar-refractivity contribution in [1.29, 1.82) is 0 Å². The zero-order valence-corrected chi connectivity index (χ0v) is 14.6. The van der Waals surface area contributed by atoms with Gasteiger partial charge >= 0.3 is 0 Å². The molecule has 1 saturated heterocycles. The third-order valence-corrected chi connectivity index (χ3v) is 5.33. The Hall–Kier alpha value is -2.30. The largest absolute Gasteiger partial charge is 0.341 e. The van der Waals surface area contributed by atoms with E-state index in [-0.39, 0.29) is 18.1 Å². The lowest BCUT2D eigenvalue weighted by molar-refractivity contribution is -0.129. The second kappa shape index (κ2) is 6.21. The van der Waals surface area contributed by atoms with Crippen LogP contribution in [0.1, 0.15) is 48.3 Å². The summed E-state index contributed by atoms with van der Waals surface area (Å²) in [6, 6.07) is 6.28. The van der Waals surface area contributed by atoms with Crippen LogP contribution in [0.25, 0.3) is 0 Å². The molecule has 1 fully saturated rings. The first-order valence-corrected chi connectivity index (χ1v) is 8.89. The van der Waals surface area contributed by atoms with Crippen LogP contribution >= 0.6 is 0 Å². The molecule has 0 N–H and O–H groups in total. The van der Waals surface area contributed by atoms with Gasteiger partial charge in [0.15, 0.2) is 0 Å². The molecule has 1 aromatic heterocycles. The summed E-state index contributed by atoms with van der Waals surface area (Å²) in [5.41, 5.74) is 3.09. The lowest BCUT2D eigenvalue weighted by Crippen LogP contribution is -2.31. The molecule has 1 aliphatic carbocycles. The molecule has 2 heterocycles. The van der Waals surface area contributed by atoms with E-state index in [2.05, 4.69) is 18.8 Å². The summed E-state index contributed by atoms with van der Waals surface area (Å²) >= 11 is 0. The Bertz CT molecular complexity index is 820. The van der Waals surface area contributed by atoms with Gasteiger partial charge in [0.05, 0.1) is 6.42 Å². The van der Waals surface area contributed by atoms with Gasteiger partial charge in [-0.15, -0.1) is 0 Å². The highest BCUT2D eigenvalue weighted by Crippen LogP contribution is 2.42. The van der Waals surface area contributed by atoms with Gasteiger partial charge < -0.3 is 4.90 Å². The van der Waals surface area contributed by atoms with Gasteiger partial charge in [0, 0.05) is 36.8 Å². The minimum atomic E-state index is -0.296. The second-order valence-corrected chi connectivity index (χ2v) is 7.46. The van der Waals surface area contributed by atoms with E-state index in [1.807, 2.05) is 11.1 Å². The number of nitrogens with zero attached hydrogens (tertiary/aromatic N) is 3. The van der Waals surface area contributed by atoms with Gasteiger partial charge in [-0.2, -0.15) is 0 Å². The minimum absolute atomic E-state index is 0.0706. The number of hydrogen-bond donors (Lipinski definition) is 0. The highest BCUT2D eigenvalue weighted by molar-refractivity contribution is 5.79. The predicted octanol–water partition coefficient (Wildman–Crippen LogP) is 3.08. The predicted molar refractivity (Wildman–Crippen MR) is 92.7 cm³/mol. The van der Waals surface area contributed by atoms with Crippen LogP contribution < -0.4 is 0 Å². The first-order valence-electron chi connectivity index (χ1n) is 8.89. The van der Waals surface area contributed by atoms with Crippen molar-refractivity contribution in [3.63, 3.8) is 0 Å². The summed E-state index contributed by atoms with van der Waals surface area (Å²) in [5, 5.41) is 0. The van der Waals surface area contributed by atoms with E-state index in [9.17, 15) is 9.18 Å². The van der Waals surface area contributed by atoms with Crippen LogP contribution in [0, 0.1) is 11.7 Å². The number of likely N-dealkylation sites (tertiary alicyclic amines) is 1. The van der Waals surface area contributed by atoms with Crippen molar-refractivity contribution in [3.05, 3.63) is 58.9 Å². The number of aromatic nitrogens is 2. The number of carbonyl (C=O) groups is 1. The lowest BCUT2D eigenvalue weighted by Gasteiger charge is -2.18. The van der Waals surface area contributed by atoms with Gasteiger partial charge in [-0.1, -0.05) is 26.0 Å². The van der Waals surface area contributed by atoms with Crippen molar-refractivity contribution in [2.75, 3.05) is 13.1 Å². The Kier molecular flexibility index (Phi) is 4.02. The Balaban J connectivity index is 1.46. The van der Waals surface area contributed by atoms with Gasteiger partial charge in [-0.05, 0) is 35.6 Å². The molecule has 130 valence electrons. The van der Waals surface area contributed by atoms with Gasteiger partial charge in [0.2, 0.25) is 5.91 Å². The normalized spacial score (nSPS) is 21.5. The smallest absolute Gasteiger partial charge is 0.227 e. The van der Waals surface area contributed by atoms with Gasteiger partial charge in [-0.25, -0.2) is 14.4 Å². The molecule has 2 aliphatic rings. The average Bonchev–Trinajstić information content (AvgIpc) is 3.11. The number of benzene rings is 1. The Morgan fingerprint density at radius 1 is 1.36 bits per heavy atom. The van der Waals surface area contributed by atoms with Crippen molar-refractivity contribution in [1.82, 2.24) is 14.9 Å². The summed E-state index contributed by atoms with van der Waals surface area (Å²) in [7, 11) is 0. The highest BCUT2D eigenvalue weighted by Gasteiger charge is 2.42. The Morgan fingerprint density at radius 3 is 2.96 bits per heavy atom. The lowest BCUT2D eigenvalue weighted by atomic mass is 9.97. The molecule has 5 heteroatoms. The first-order chi connectivity index (χ1) is 12.0. The maximum absolute atomic E-state index is 13.3. The fourth-order valence-corrected chi connectivity index (χ4v) is 4.01. The maximum atomic E-state index is 13.3. The van der Waals surface area contributed by atoms with Crippen molar-refractivity contribution >= 4 is 5.91 Å². The number of hydrogen-bond acceptors (Lipinski definition) is 3. The molecule has 0 unspecified atom stereocenters. The second-order valence-electron chi connectivity index (χ2n) is 7.46. The number of halogens is 1. The molecule has 1 aromatic carbocycles. The molecule has 25 heavy (non-hydrogen) atoms. The fourth-order valence-electron chi connectivity index (χ4n) is 4.01. The molecule has 0 bridgehead atoms. The van der Waals surface area contributed by atoms with E-state index < -0.39 is 0 Å². The maximum Gasteiger partial charge on any atom is 0.227 e. The Morgan fingerprint density at radius 2 is 2.20 bits per heavy atom. The monoisotopic (exact) mass is 339 g/mol. The topological polar surface area (TPSA) is 46.1 Å². The summed E-state index contributed by atoms with van der Waals surface area (Å²) in [5.74, 6) is 1.78. The van der Waals surface area contributed by atoms with Gasteiger partial charge in [-0.3, -0.25) is 4.79 Å². The molecule has 1 aliphatic heterocycles. The zero-order chi connectivity index (χ0) is 17.6.